The number of nitrogens with zero attached hydrogens (tertiary/aromatic N) is 3. The van der Waals surface area contributed by atoms with E-state index in [0.29, 0.717) is 13.1 Å². The molecule has 0 radical (unpaired) electrons. The van der Waals surface area contributed by atoms with Crippen LogP contribution in [0.4, 0.5) is 0 Å². The second-order valence-corrected chi connectivity index (χ2v) is 8.37. The third-order valence-electron chi connectivity index (χ3n) is 6.04. The standard InChI is InChI=1S/C23H38N4O2.HI/c1-3-24-23(26(2)12-8-19-10-14-29-15-11-19)25-16-22(28)18-27-13-9-20-6-4-5-7-21(20)17-27;/h4-7,19,22,28H,3,8-18H2,1-2H3,(H,24,25);1H. The molecule has 0 saturated carbocycles. The first-order valence-electron chi connectivity index (χ1n) is 11.2. The van der Waals surface area contributed by atoms with Gasteiger partial charge in [-0.3, -0.25) is 9.89 Å². The van der Waals surface area contributed by atoms with Crippen LogP contribution >= 0.6 is 24.0 Å². The Morgan fingerprint density at radius 2 is 2.03 bits per heavy atom. The van der Waals surface area contributed by atoms with Gasteiger partial charge < -0.3 is 20.1 Å². The number of halogens is 1. The summed E-state index contributed by atoms with van der Waals surface area (Å²) in [6.07, 6.45) is 4.11. The highest BCUT2D eigenvalue weighted by molar-refractivity contribution is 14.0. The molecule has 2 N–H and O–H groups in total. The molecule has 2 heterocycles. The number of aliphatic hydroxyl groups excluding tert-OH is 1. The zero-order chi connectivity index (χ0) is 20.5. The molecule has 1 unspecified atom stereocenters. The Bertz CT molecular complexity index is 652. The van der Waals surface area contributed by atoms with Crippen LogP contribution < -0.4 is 5.32 Å². The van der Waals surface area contributed by atoms with Gasteiger partial charge in [0.2, 0.25) is 0 Å². The number of ether oxygens (including phenoxy) is 1. The summed E-state index contributed by atoms with van der Waals surface area (Å²) in [5.74, 6) is 1.64. The number of aliphatic hydroxyl groups is 1. The summed E-state index contributed by atoms with van der Waals surface area (Å²) in [5, 5.41) is 13.9. The van der Waals surface area contributed by atoms with E-state index in [1.54, 1.807) is 0 Å². The summed E-state index contributed by atoms with van der Waals surface area (Å²) in [5.41, 5.74) is 2.83. The van der Waals surface area contributed by atoms with Crippen LogP contribution in [-0.4, -0.2) is 80.0 Å². The van der Waals surface area contributed by atoms with Crippen molar-refractivity contribution in [1.82, 2.24) is 15.1 Å². The van der Waals surface area contributed by atoms with Gasteiger partial charge >= 0.3 is 0 Å². The van der Waals surface area contributed by atoms with Crippen LogP contribution in [0.15, 0.2) is 29.3 Å². The maximum atomic E-state index is 10.6. The summed E-state index contributed by atoms with van der Waals surface area (Å²) in [6, 6.07) is 8.62. The monoisotopic (exact) mass is 530 g/mol. The average molecular weight is 530 g/mol. The van der Waals surface area contributed by atoms with Gasteiger partial charge in [0.1, 0.15) is 0 Å². The molecule has 0 aromatic heterocycles. The Morgan fingerprint density at radius 3 is 2.77 bits per heavy atom. The second-order valence-electron chi connectivity index (χ2n) is 8.37. The fourth-order valence-electron chi connectivity index (χ4n) is 4.24. The molecule has 2 aliphatic heterocycles. The van der Waals surface area contributed by atoms with E-state index in [9.17, 15) is 5.11 Å². The highest BCUT2D eigenvalue weighted by atomic mass is 127. The van der Waals surface area contributed by atoms with Gasteiger partial charge in [0, 0.05) is 53.0 Å². The van der Waals surface area contributed by atoms with Crippen LogP contribution in [0.1, 0.15) is 37.3 Å². The molecule has 2 aliphatic rings. The van der Waals surface area contributed by atoms with Crippen molar-refractivity contribution in [3.8, 4) is 0 Å². The van der Waals surface area contributed by atoms with Gasteiger partial charge in [0.05, 0.1) is 12.6 Å². The molecule has 1 atom stereocenters. The number of benzene rings is 1. The second kappa shape index (κ2) is 13.5. The molecular formula is C23H39IN4O2. The van der Waals surface area contributed by atoms with Gasteiger partial charge in [0.25, 0.3) is 0 Å². The molecule has 1 aromatic rings. The summed E-state index contributed by atoms with van der Waals surface area (Å²) < 4.78 is 5.46. The van der Waals surface area contributed by atoms with Gasteiger partial charge in [0.15, 0.2) is 5.96 Å². The van der Waals surface area contributed by atoms with Gasteiger partial charge in [-0.05, 0) is 49.7 Å². The van der Waals surface area contributed by atoms with E-state index >= 15 is 0 Å². The molecule has 1 aromatic carbocycles. The normalized spacial score (nSPS) is 19.0. The topological polar surface area (TPSA) is 60.3 Å². The smallest absolute Gasteiger partial charge is 0.193 e. The fraction of sp³-hybridized carbons (Fsp3) is 0.696. The van der Waals surface area contributed by atoms with Crippen molar-refractivity contribution >= 4 is 29.9 Å². The summed E-state index contributed by atoms with van der Waals surface area (Å²) >= 11 is 0. The van der Waals surface area contributed by atoms with Crippen molar-refractivity contribution < 1.29 is 9.84 Å². The predicted molar refractivity (Wildman–Crippen MR) is 134 cm³/mol. The Balaban J connectivity index is 0.00000320. The number of hydrogen-bond acceptors (Lipinski definition) is 4. The third kappa shape index (κ3) is 7.98. The summed E-state index contributed by atoms with van der Waals surface area (Å²) in [7, 11) is 2.09. The zero-order valence-electron chi connectivity index (χ0n) is 18.6. The fourth-order valence-corrected chi connectivity index (χ4v) is 4.24. The number of nitrogens with one attached hydrogen (secondary N) is 1. The number of aliphatic imine (C=N–C) groups is 1. The lowest BCUT2D eigenvalue weighted by atomic mass is 9.96. The van der Waals surface area contributed by atoms with Crippen LogP contribution in [0.3, 0.4) is 0 Å². The van der Waals surface area contributed by atoms with Crippen molar-refractivity contribution in [2.45, 2.75) is 45.3 Å². The Labute approximate surface area is 199 Å². The first-order valence-corrected chi connectivity index (χ1v) is 11.2. The van der Waals surface area contributed by atoms with E-state index in [4.69, 9.17) is 9.73 Å². The minimum atomic E-state index is -0.446. The highest BCUT2D eigenvalue weighted by Gasteiger charge is 2.19. The molecular weight excluding hydrogens is 491 g/mol. The first kappa shape index (κ1) is 25.4. The van der Waals surface area contributed by atoms with Crippen molar-refractivity contribution in [1.29, 1.82) is 0 Å². The van der Waals surface area contributed by atoms with Gasteiger partial charge in [-0.25, -0.2) is 0 Å². The van der Waals surface area contributed by atoms with E-state index in [-0.39, 0.29) is 24.0 Å². The Morgan fingerprint density at radius 1 is 1.30 bits per heavy atom. The van der Waals surface area contributed by atoms with Crippen molar-refractivity contribution in [2.24, 2.45) is 10.9 Å². The summed E-state index contributed by atoms with van der Waals surface area (Å²) in [4.78, 5) is 9.25. The van der Waals surface area contributed by atoms with E-state index < -0.39 is 6.10 Å². The molecule has 6 nitrogen and oxygen atoms in total. The van der Waals surface area contributed by atoms with Crippen molar-refractivity contribution in [2.75, 3.05) is 53.0 Å². The van der Waals surface area contributed by atoms with Gasteiger partial charge in [-0.2, -0.15) is 0 Å². The molecule has 1 fully saturated rings. The summed E-state index contributed by atoms with van der Waals surface area (Å²) in [6.45, 7) is 8.72. The quantitative estimate of drug-likeness (QED) is 0.308. The maximum Gasteiger partial charge on any atom is 0.193 e. The molecule has 1 saturated heterocycles. The average Bonchev–Trinajstić information content (AvgIpc) is 2.75. The molecule has 7 heteroatoms. The molecule has 0 aliphatic carbocycles. The largest absolute Gasteiger partial charge is 0.390 e. The van der Waals surface area contributed by atoms with E-state index in [2.05, 4.69) is 53.4 Å². The third-order valence-corrected chi connectivity index (χ3v) is 6.04. The lowest BCUT2D eigenvalue weighted by Gasteiger charge is -2.30. The molecule has 30 heavy (non-hydrogen) atoms. The van der Waals surface area contributed by atoms with Crippen LogP contribution in [0.5, 0.6) is 0 Å². The van der Waals surface area contributed by atoms with Gasteiger partial charge in [-0.1, -0.05) is 24.3 Å². The first-order chi connectivity index (χ1) is 14.2. The minimum absolute atomic E-state index is 0. The molecule has 0 amide bonds. The number of β-amino-alcohol motifs (C(OH)–C–C–N with tert-alkyl or cyclic N) is 1. The number of rotatable bonds is 8. The lowest BCUT2D eigenvalue weighted by Crippen LogP contribution is -2.41. The van der Waals surface area contributed by atoms with Crippen molar-refractivity contribution in [3.05, 3.63) is 35.4 Å². The van der Waals surface area contributed by atoms with Crippen molar-refractivity contribution in [3.63, 3.8) is 0 Å². The minimum Gasteiger partial charge on any atom is -0.390 e. The van der Waals surface area contributed by atoms with E-state index in [1.807, 2.05) is 0 Å². The van der Waals surface area contributed by atoms with Crippen LogP contribution in [0.25, 0.3) is 0 Å². The number of guanidine groups is 1. The number of fused-ring (bicyclic) bond motifs is 1. The SMILES string of the molecule is CCNC(=NCC(O)CN1CCc2ccccc2C1)N(C)CCC1CCOCC1.I. The Hall–Kier alpha value is -0.900. The van der Waals surface area contributed by atoms with Crippen LogP contribution in [0, 0.1) is 5.92 Å². The van der Waals surface area contributed by atoms with Gasteiger partial charge in [-0.15, -0.1) is 24.0 Å². The predicted octanol–water partition coefficient (Wildman–Crippen LogP) is 2.74. The molecule has 170 valence electrons. The van der Waals surface area contributed by atoms with E-state index in [1.165, 1.54) is 30.4 Å². The lowest BCUT2D eigenvalue weighted by molar-refractivity contribution is 0.0625. The zero-order valence-corrected chi connectivity index (χ0v) is 20.9. The highest BCUT2D eigenvalue weighted by Crippen LogP contribution is 2.19. The molecule has 0 bridgehead atoms. The van der Waals surface area contributed by atoms with Crippen LogP contribution in [0.2, 0.25) is 0 Å². The number of hydrogen-bond donors (Lipinski definition) is 2. The van der Waals surface area contributed by atoms with Crippen LogP contribution in [-0.2, 0) is 17.7 Å². The Kier molecular flexibility index (Phi) is 11.4. The van der Waals surface area contributed by atoms with E-state index in [0.717, 1.165) is 57.7 Å². The molecule has 3 rings (SSSR count). The molecule has 0 spiro atoms. The maximum absolute atomic E-state index is 10.6.